The maximum absolute atomic E-state index is 10.7. The number of imidazole rings is 1. The lowest BCUT2D eigenvalue weighted by atomic mass is 10.00. The van der Waals surface area contributed by atoms with Gasteiger partial charge in [-0.25, -0.2) is 9.97 Å². The quantitative estimate of drug-likeness (QED) is 0.667. The molecule has 0 spiro atoms. The van der Waals surface area contributed by atoms with E-state index in [1.165, 1.54) is 5.57 Å². The van der Waals surface area contributed by atoms with Gasteiger partial charge in [-0.2, -0.15) is 4.98 Å². The molecule has 0 radical (unpaired) electrons. The molecular weight excluding hydrogens is 306 g/mol. The summed E-state index contributed by atoms with van der Waals surface area (Å²) in [5.74, 6) is 0.616. The molecule has 7 heteroatoms. The van der Waals surface area contributed by atoms with Gasteiger partial charge in [0.05, 0.1) is 18.1 Å². The summed E-state index contributed by atoms with van der Waals surface area (Å²) in [7, 11) is -2.25. The van der Waals surface area contributed by atoms with Crippen molar-refractivity contribution in [3.05, 3.63) is 24.2 Å². The number of fused-ring (bicyclic) bond motifs is 1. The number of hydrogen-bond donors (Lipinski definition) is 2. The average Bonchev–Trinajstić information content (AvgIpc) is 2.99. The molecule has 3 atom stereocenters. The lowest BCUT2D eigenvalue weighted by molar-refractivity contribution is 0.472. The van der Waals surface area contributed by atoms with Gasteiger partial charge < -0.3 is 15.1 Å². The van der Waals surface area contributed by atoms with E-state index in [1.54, 1.807) is 0 Å². The first-order chi connectivity index (χ1) is 10.7. The van der Waals surface area contributed by atoms with Gasteiger partial charge in [-0.3, -0.25) is 0 Å². The molecule has 0 bridgehead atoms. The molecule has 0 aliphatic heterocycles. The molecule has 2 heterocycles. The van der Waals surface area contributed by atoms with E-state index in [2.05, 4.69) is 33.0 Å². The Morgan fingerprint density at radius 1 is 1.43 bits per heavy atom. The lowest BCUT2D eigenvalue weighted by Crippen LogP contribution is -2.34. The molecule has 1 aliphatic carbocycles. The number of aryl methyl sites for hydroxylation is 1. The second-order valence-electron chi connectivity index (χ2n) is 7.09. The van der Waals surface area contributed by atoms with E-state index in [1.807, 2.05) is 26.3 Å². The summed E-state index contributed by atoms with van der Waals surface area (Å²) < 4.78 is 2.06. The molecule has 124 valence electrons. The van der Waals surface area contributed by atoms with Crippen molar-refractivity contribution in [3.8, 4) is 0 Å². The van der Waals surface area contributed by atoms with Crippen LogP contribution in [0, 0.1) is 12.8 Å². The molecule has 0 unspecified atom stereocenters. The highest BCUT2D eigenvalue weighted by Gasteiger charge is 2.46. The Hall–Kier alpha value is -1.73. The molecule has 1 aliphatic rings. The maximum atomic E-state index is 10.7. The summed E-state index contributed by atoms with van der Waals surface area (Å²) in [5, 5.41) is 0. The van der Waals surface area contributed by atoms with E-state index in [0.29, 0.717) is 11.5 Å². The zero-order valence-electron chi connectivity index (χ0n) is 14.2. The van der Waals surface area contributed by atoms with Crippen LogP contribution in [0.2, 0.25) is 18.6 Å². The number of hydrogen-bond acceptors (Lipinski definition) is 5. The summed E-state index contributed by atoms with van der Waals surface area (Å²) in [6.45, 7) is 12.4. The van der Waals surface area contributed by atoms with Crippen LogP contribution >= 0.6 is 0 Å². The molecule has 23 heavy (non-hydrogen) atoms. The van der Waals surface area contributed by atoms with Gasteiger partial charge in [0.15, 0.2) is 14.0 Å². The lowest BCUT2D eigenvalue weighted by Gasteiger charge is -2.27. The number of nitrogen functional groups attached to an aromatic ring is 1. The van der Waals surface area contributed by atoms with E-state index in [9.17, 15) is 4.80 Å². The topological polar surface area (TPSA) is 89.8 Å². The number of rotatable bonds is 3. The van der Waals surface area contributed by atoms with Crippen LogP contribution in [0.4, 0.5) is 5.95 Å². The van der Waals surface area contributed by atoms with Crippen molar-refractivity contribution >= 4 is 25.4 Å². The zero-order chi connectivity index (χ0) is 16.9. The van der Waals surface area contributed by atoms with E-state index in [0.717, 1.165) is 29.7 Å². The van der Waals surface area contributed by atoms with Crippen LogP contribution < -0.4 is 5.73 Å². The van der Waals surface area contributed by atoms with Crippen molar-refractivity contribution in [1.29, 1.82) is 0 Å². The monoisotopic (exact) mass is 331 g/mol. The fourth-order valence-electron chi connectivity index (χ4n) is 3.99. The van der Waals surface area contributed by atoms with Crippen molar-refractivity contribution in [3.63, 3.8) is 0 Å². The zero-order valence-corrected chi connectivity index (χ0v) is 15.2. The molecule has 3 N–H and O–H groups in total. The molecule has 1 saturated carbocycles. The van der Waals surface area contributed by atoms with Crippen molar-refractivity contribution in [2.24, 2.45) is 5.92 Å². The van der Waals surface area contributed by atoms with Gasteiger partial charge in [-0.05, 0) is 44.3 Å². The third-order valence-electron chi connectivity index (χ3n) is 5.16. The van der Waals surface area contributed by atoms with Crippen LogP contribution in [0.5, 0.6) is 0 Å². The minimum Gasteiger partial charge on any atom is -0.432 e. The van der Waals surface area contributed by atoms with Crippen molar-refractivity contribution in [2.75, 3.05) is 5.73 Å². The van der Waals surface area contributed by atoms with Gasteiger partial charge in [-0.1, -0.05) is 19.1 Å². The van der Waals surface area contributed by atoms with E-state index < -0.39 is 8.32 Å². The Balaban J connectivity index is 2.07. The Morgan fingerprint density at radius 2 is 2.13 bits per heavy atom. The fourth-order valence-corrected chi connectivity index (χ4v) is 6.22. The number of nitrogens with two attached hydrogens (primary N) is 1. The largest absolute Gasteiger partial charge is 0.432 e. The van der Waals surface area contributed by atoms with Crippen LogP contribution in [0.15, 0.2) is 18.5 Å². The van der Waals surface area contributed by atoms with Crippen LogP contribution in [0.1, 0.15) is 31.5 Å². The van der Waals surface area contributed by atoms with Crippen LogP contribution in [-0.4, -0.2) is 32.6 Å². The molecule has 0 aromatic carbocycles. The Bertz CT molecular complexity index is 764. The average molecular weight is 331 g/mol. The maximum Gasteiger partial charge on any atom is 0.222 e. The number of nitrogens with zero attached hydrogens (tertiary/aromatic N) is 4. The van der Waals surface area contributed by atoms with E-state index in [-0.39, 0.29) is 12.0 Å². The van der Waals surface area contributed by atoms with Crippen LogP contribution in [0.3, 0.4) is 0 Å². The summed E-state index contributed by atoms with van der Waals surface area (Å²) in [6.07, 6.45) is 3.70. The summed E-state index contributed by atoms with van der Waals surface area (Å²) in [5.41, 5.74) is 9.62. The van der Waals surface area contributed by atoms with Crippen molar-refractivity contribution in [1.82, 2.24) is 19.5 Å². The highest BCUT2D eigenvalue weighted by Crippen LogP contribution is 2.52. The highest BCUT2D eigenvalue weighted by atomic mass is 28.4. The second kappa shape index (κ2) is 5.42. The van der Waals surface area contributed by atoms with E-state index in [4.69, 9.17) is 5.73 Å². The molecule has 2 aromatic heterocycles. The molecule has 6 nitrogen and oxygen atoms in total. The Labute approximate surface area is 137 Å². The van der Waals surface area contributed by atoms with Gasteiger partial charge in [0.25, 0.3) is 0 Å². The second-order valence-corrected chi connectivity index (χ2v) is 11.1. The van der Waals surface area contributed by atoms with Crippen molar-refractivity contribution in [2.45, 2.75) is 51.4 Å². The SMILES string of the molecule is C=C1[C@H](CC)[C@@H]([Si](C)(C)O)C[C@@H]1n1cnc2c(C)nc(N)nc21. The highest BCUT2D eigenvalue weighted by molar-refractivity contribution is 6.71. The van der Waals surface area contributed by atoms with Gasteiger partial charge in [0.2, 0.25) is 5.95 Å². The molecule has 2 aromatic rings. The smallest absolute Gasteiger partial charge is 0.222 e. The number of aromatic nitrogens is 4. The van der Waals surface area contributed by atoms with Crippen LogP contribution in [-0.2, 0) is 0 Å². The first-order valence-corrected chi connectivity index (χ1v) is 11.1. The fraction of sp³-hybridized carbons (Fsp3) is 0.562. The minimum atomic E-state index is -2.25. The van der Waals surface area contributed by atoms with Gasteiger partial charge >= 0.3 is 0 Å². The normalized spacial score (nSPS) is 25.4. The minimum absolute atomic E-state index is 0.113. The number of allylic oxidation sites excluding steroid dienone is 1. The third kappa shape index (κ3) is 2.57. The Morgan fingerprint density at radius 3 is 2.70 bits per heavy atom. The van der Waals surface area contributed by atoms with Gasteiger partial charge in [-0.15, -0.1) is 0 Å². The number of anilines is 1. The van der Waals surface area contributed by atoms with E-state index >= 15 is 0 Å². The third-order valence-corrected chi connectivity index (χ3v) is 7.62. The van der Waals surface area contributed by atoms with Gasteiger partial charge in [0, 0.05) is 0 Å². The molecule has 1 fully saturated rings. The van der Waals surface area contributed by atoms with Crippen LogP contribution in [0.25, 0.3) is 11.2 Å². The molecule has 3 rings (SSSR count). The molecule has 0 amide bonds. The molecular formula is C16H25N5OSi. The summed E-state index contributed by atoms with van der Waals surface area (Å²) in [6, 6.07) is 0.113. The van der Waals surface area contributed by atoms with Crippen molar-refractivity contribution < 1.29 is 4.80 Å². The van der Waals surface area contributed by atoms with Gasteiger partial charge in [0.1, 0.15) is 5.52 Å². The predicted molar refractivity (Wildman–Crippen MR) is 94.5 cm³/mol. The first-order valence-electron chi connectivity index (χ1n) is 8.11. The molecule has 0 saturated heterocycles. The first kappa shape index (κ1) is 16.1. The predicted octanol–water partition coefficient (Wildman–Crippen LogP) is 2.81. The standard InChI is InChI=1S/C16H25N5OSi/c1-6-11-9(2)12(7-13(11)23(4,5)22)21-8-18-14-10(3)19-16(17)20-15(14)21/h8,11-13,22H,2,6-7H2,1,3-5H3,(H2,17,19,20)/t11-,12-,13-/m0/s1. The Kier molecular flexibility index (Phi) is 3.80. The summed E-state index contributed by atoms with van der Waals surface area (Å²) >= 11 is 0. The summed E-state index contributed by atoms with van der Waals surface area (Å²) in [4.78, 5) is 23.7.